The van der Waals surface area contributed by atoms with Crippen LogP contribution in [0.4, 0.5) is 17.1 Å². The topological polar surface area (TPSA) is 3.24 Å². The van der Waals surface area contributed by atoms with Gasteiger partial charge in [0.1, 0.15) is 0 Å². The van der Waals surface area contributed by atoms with Crippen LogP contribution in [0.25, 0.3) is 64.7 Å². The molecular weight excluding hydrogens is 779 g/mol. The van der Waals surface area contributed by atoms with Gasteiger partial charge in [-0.3, -0.25) is 0 Å². The van der Waals surface area contributed by atoms with E-state index in [-0.39, 0.29) is 0 Å². The van der Waals surface area contributed by atoms with E-state index in [0.717, 1.165) is 28.2 Å². The monoisotopic (exact) mass is 819 g/mol. The lowest BCUT2D eigenvalue weighted by atomic mass is 9.67. The van der Waals surface area contributed by atoms with Crippen LogP contribution in [0.1, 0.15) is 22.3 Å². The molecule has 2 heteroatoms. The highest BCUT2D eigenvalue weighted by molar-refractivity contribution is 7.26. The Balaban J connectivity index is 1.15. The SMILES string of the molecule is c1ccc(-c2ccc(-c3cc(-c4ccccc4)ccc3N(c3ccc4c(c3)C(c3ccccc3)(c3ccccc3)c3ccccc3-4)c3cccc4c3sc3ccccc34)cc2)cc1. The molecule has 0 bridgehead atoms. The molecule has 0 aliphatic heterocycles. The molecule has 0 fully saturated rings. The van der Waals surface area contributed by atoms with E-state index in [0.29, 0.717) is 0 Å². The minimum absolute atomic E-state index is 0.535. The quantitative estimate of drug-likeness (QED) is 0.148. The summed E-state index contributed by atoms with van der Waals surface area (Å²) in [5.74, 6) is 0. The highest BCUT2D eigenvalue weighted by atomic mass is 32.1. The Hall–Kier alpha value is -7.78. The lowest BCUT2D eigenvalue weighted by Crippen LogP contribution is -2.28. The summed E-state index contributed by atoms with van der Waals surface area (Å²) in [6.45, 7) is 0. The van der Waals surface area contributed by atoms with Gasteiger partial charge in [0.25, 0.3) is 0 Å². The highest BCUT2D eigenvalue weighted by Crippen LogP contribution is 2.58. The average molecular weight is 820 g/mol. The number of anilines is 3. The number of rotatable bonds is 8. The van der Waals surface area contributed by atoms with Crippen molar-refractivity contribution in [2.75, 3.05) is 4.90 Å². The van der Waals surface area contributed by atoms with Crippen LogP contribution in [0.15, 0.2) is 249 Å². The van der Waals surface area contributed by atoms with Gasteiger partial charge in [-0.25, -0.2) is 0 Å². The molecule has 0 radical (unpaired) electrons. The van der Waals surface area contributed by atoms with Crippen LogP contribution in [0.3, 0.4) is 0 Å². The first-order valence-corrected chi connectivity index (χ1v) is 22.5. The summed E-state index contributed by atoms with van der Waals surface area (Å²) in [6, 6.07) is 91.7. The van der Waals surface area contributed by atoms with Gasteiger partial charge in [-0.15, -0.1) is 11.3 Å². The lowest BCUT2D eigenvalue weighted by molar-refractivity contribution is 0.768. The van der Waals surface area contributed by atoms with E-state index < -0.39 is 5.41 Å². The van der Waals surface area contributed by atoms with E-state index in [1.807, 2.05) is 11.3 Å². The number of nitrogens with zero attached hydrogens (tertiary/aromatic N) is 1. The van der Waals surface area contributed by atoms with Gasteiger partial charge in [0.15, 0.2) is 0 Å². The Morgan fingerprint density at radius 2 is 0.857 bits per heavy atom. The third-order valence-corrected chi connectivity index (χ3v) is 14.2. The molecule has 0 spiro atoms. The van der Waals surface area contributed by atoms with Gasteiger partial charge in [0.05, 0.1) is 21.5 Å². The third-order valence-electron chi connectivity index (χ3n) is 13.0. The van der Waals surface area contributed by atoms with E-state index >= 15 is 0 Å². The van der Waals surface area contributed by atoms with E-state index in [1.165, 1.54) is 75.8 Å². The molecule has 0 saturated heterocycles. The van der Waals surface area contributed by atoms with Crippen LogP contribution < -0.4 is 4.90 Å². The zero-order valence-electron chi connectivity index (χ0n) is 34.5. The second-order valence-electron chi connectivity index (χ2n) is 16.4. The minimum Gasteiger partial charge on any atom is -0.308 e. The molecule has 11 aromatic rings. The molecule has 1 heterocycles. The molecule has 1 aliphatic rings. The van der Waals surface area contributed by atoms with Crippen LogP contribution in [-0.4, -0.2) is 0 Å². The van der Waals surface area contributed by atoms with Crippen LogP contribution >= 0.6 is 11.3 Å². The Kier molecular flexibility index (Phi) is 8.98. The van der Waals surface area contributed by atoms with Crippen molar-refractivity contribution in [1.82, 2.24) is 0 Å². The Bertz CT molecular complexity index is 3390. The molecule has 0 atom stereocenters. The van der Waals surface area contributed by atoms with Crippen molar-refractivity contribution in [2.45, 2.75) is 5.41 Å². The molecule has 12 rings (SSSR count). The van der Waals surface area contributed by atoms with Gasteiger partial charge >= 0.3 is 0 Å². The number of thiophene rings is 1. The van der Waals surface area contributed by atoms with E-state index in [2.05, 4.69) is 254 Å². The smallest absolute Gasteiger partial charge is 0.0714 e. The van der Waals surface area contributed by atoms with E-state index in [1.54, 1.807) is 0 Å². The fraction of sp³-hybridized carbons (Fsp3) is 0.0164. The molecule has 10 aromatic carbocycles. The molecule has 0 unspecified atom stereocenters. The number of hydrogen-bond donors (Lipinski definition) is 0. The van der Waals surface area contributed by atoms with Gasteiger partial charge in [0.2, 0.25) is 0 Å². The van der Waals surface area contributed by atoms with E-state index in [4.69, 9.17) is 0 Å². The second kappa shape index (κ2) is 15.3. The Labute approximate surface area is 372 Å². The molecule has 0 saturated carbocycles. The van der Waals surface area contributed by atoms with Crippen LogP contribution in [-0.2, 0) is 5.41 Å². The average Bonchev–Trinajstić information content (AvgIpc) is 3.90. The molecule has 1 nitrogen and oxygen atoms in total. The zero-order chi connectivity index (χ0) is 41.7. The van der Waals surface area contributed by atoms with Crippen LogP contribution in [0, 0.1) is 0 Å². The summed E-state index contributed by atoms with van der Waals surface area (Å²) in [7, 11) is 0. The van der Waals surface area contributed by atoms with Crippen molar-refractivity contribution in [2.24, 2.45) is 0 Å². The first-order valence-electron chi connectivity index (χ1n) is 21.7. The van der Waals surface area contributed by atoms with Crippen molar-refractivity contribution in [3.63, 3.8) is 0 Å². The molecule has 1 aliphatic carbocycles. The lowest BCUT2D eigenvalue weighted by Gasteiger charge is -2.35. The summed E-state index contributed by atoms with van der Waals surface area (Å²) >= 11 is 1.87. The van der Waals surface area contributed by atoms with Crippen molar-refractivity contribution >= 4 is 48.6 Å². The first-order chi connectivity index (χ1) is 31.3. The maximum Gasteiger partial charge on any atom is 0.0714 e. The standard InChI is InChI=1S/C61H41NS/c1-5-18-42(19-6-1)44-32-34-45(35-33-44)54-40-46(43-20-7-2-8-21-43)36-39-57(54)62(58-30-17-28-53-52-27-14-16-31-59(52)63-60(53)58)49-37-38-51-50-26-13-15-29-55(50)61(56(51)41-49,47-22-9-3-10-23-47)48-24-11-4-12-25-48/h1-41H. The normalized spacial score (nSPS) is 12.6. The van der Waals surface area contributed by atoms with Gasteiger partial charge in [-0.1, -0.05) is 212 Å². The molecule has 0 N–H and O–H groups in total. The van der Waals surface area contributed by atoms with Gasteiger partial charge in [-0.05, 0) is 97.6 Å². The Morgan fingerprint density at radius 3 is 1.57 bits per heavy atom. The van der Waals surface area contributed by atoms with Crippen LogP contribution in [0.5, 0.6) is 0 Å². The maximum atomic E-state index is 2.54. The van der Waals surface area contributed by atoms with Crippen molar-refractivity contribution < 1.29 is 0 Å². The second-order valence-corrected chi connectivity index (χ2v) is 17.4. The number of benzene rings is 10. The first kappa shape index (κ1) is 37.0. The van der Waals surface area contributed by atoms with Crippen molar-refractivity contribution in [3.05, 3.63) is 271 Å². The summed E-state index contributed by atoms with van der Waals surface area (Å²) < 4.78 is 2.55. The van der Waals surface area contributed by atoms with Crippen molar-refractivity contribution in [1.29, 1.82) is 0 Å². The molecule has 0 amide bonds. The highest BCUT2D eigenvalue weighted by Gasteiger charge is 2.46. The largest absolute Gasteiger partial charge is 0.308 e. The number of fused-ring (bicyclic) bond motifs is 6. The molecule has 296 valence electrons. The molecule has 1 aromatic heterocycles. The molecule has 63 heavy (non-hydrogen) atoms. The molecular formula is C61H41NS. The Morgan fingerprint density at radius 1 is 0.317 bits per heavy atom. The third kappa shape index (κ3) is 6.06. The minimum atomic E-state index is -0.535. The van der Waals surface area contributed by atoms with Gasteiger partial charge in [0, 0.05) is 26.7 Å². The summed E-state index contributed by atoms with van der Waals surface area (Å²) in [6.07, 6.45) is 0. The predicted molar refractivity (Wildman–Crippen MR) is 268 cm³/mol. The number of hydrogen-bond acceptors (Lipinski definition) is 2. The summed E-state index contributed by atoms with van der Waals surface area (Å²) in [4.78, 5) is 2.54. The maximum absolute atomic E-state index is 2.54. The predicted octanol–water partition coefficient (Wildman–Crippen LogP) is 16.9. The van der Waals surface area contributed by atoms with Gasteiger partial charge in [-0.2, -0.15) is 0 Å². The summed E-state index contributed by atoms with van der Waals surface area (Å²) in [5.41, 5.74) is 17.6. The van der Waals surface area contributed by atoms with Gasteiger partial charge < -0.3 is 4.90 Å². The fourth-order valence-corrected chi connectivity index (χ4v) is 11.3. The fourth-order valence-electron chi connectivity index (χ4n) is 10.1. The van der Waals surface area contributed by atoms with Crippen molar-refractivity contribution in [3.8, 4) is 44.5 Å². The van der Waals surface area contributed by atoms with Crippen LogP contribution in [0.2, 0.25) is 0 Å². The zero-order valence-corrected chi connectivity index (χ0v) is 35.3. The van der Waals surface area contributed by atoms with E-state index in [9.17, 15) is 0 Å². The summed E-state index contributed by atoms with van der Waals surface area (Å²) in [5, 5.41) is 2.55.